The van der Waals surface area contributed by atoms with E-state index in [4.69, 9.17) is 0 Å². The molecule has 1 aromatic heterocycles. The van der Waals surface area contributed by atoms with Crippen LogP contribution in [0.15, 0.2) is 84.0 Å². The number of hydrogen-bond acceptors (Lipinski definition) is 4. The molecule has 0 fully saturated rings. The summed E-state index contributed by atoms with van der Waals surface area (Å²) in [5.74, 6) is -0.109. The van der Waals surface area contributed by atoms with Crippen LogP contribution in [0.1, 0.15) is 34.8 Å². The molecule has 1 amide bonds. The summed E-state index contributed by atoms with van der Waals surface area (Å²) in [7, 11) is -3.43. The van der Waals surface area contributed by atoms with Crippen molar-refractivity contribution < 1.29 is 13.2 Å². The monoisotopic (exact) mass is 511 g/mol. The van der Waals surface area contributed by atoms with Crippen LogP contribution in [0, 0.1) is 6.92 Å². The minimum Gasteiger partial charge on any atom is -0.345 e. The van der Waals surface area contributed by atoms with Crippen LogP contribution in [0.25, 0.3) is 32.9 Å². The van der Waals surface area contributed by atoms with E-state index in [1.54, 1.807) is 30.6 Å². The lowest BCUT2D eigenvalue weighted by molar-refractivity contribution is 0.0745. The van der Waals surface area contributed by atoms with Gasteiger partial charge in [-0.1, -0.05) is 49.4 Å². The Morgan fingerprint density at radius 1 is 0.946 bits per heavy atom. The van der Waals surface area contributed by atoms with Gasteiger partial charge in [0.05, 0.1) is 22.3 Å². The molecule has 0 atom stereocenters. The number of benzene rings is 4. The van der Waals surface area contributed by atoms with Gasteiger partial charge in [-0.05, 0) is 71.3 Å². The first-order chi connectivity index (χ1) is 17.8. The third-order valence-corrected chi connectivity index (χ3v) is 7.91. The van der Waals surface area contributed by atoms with Gasteiger partial charge < -0.3 is 9.88 Å². The molecule has 0 spiro atoms. The molecule has 188 valence electrons. The molecule has 1 heterocycles. The molecule has 4 aromatic carbocycles. The SMILES string of the molecule is CCCN(Cc1cc(-c2ccc3nc[nH]c3c2)ccc1C)C(=O)c1ccc(S(C)(=O)=O)c2ccccc12. The van der Waals surface area contributed by atoms with Gasteiger partial charge in [-0.3, -0.25) is 4.79 Å². The van der Waals surface area contributed by atoms with E-state index in [9.17, 15) is 13.2 Å². The third-order valence-electron chi connectivity index (χ3n) is 6.76. The van der Waals surface area contributed by atoms with Crippen LogP contribution >= 0.6 is 0 Å². The fourth-order valence-corrected chi connectivity index (χ4v) is 5.71. The Balaban J connectivity index is 1.52. The number of aromatic nitrogens is 2. The topological polar surface area (TPSA) is 83.1 Å². The smallest absolute Gasteiger partial charge is 0.254 e. The number of amides is 1. The second-order valence-corrected chi connectivity index (χ2v) is 11.4. The van der Waals surface area contributed by atoms with E-state index in [0.717, 1.165) is 39.7 Å². The molecule has 6 nitrogen and oxygen atoms in total. The van der Waals surface area contributed by atoms with Gasteiger partial charge >= 0.3 is 0 Å². The number of rotatable bonds is 7. The number of aromatic amines is 1. The lowest BCUT2D eigenvalue weighted by atomic mass is 9.98. The zero-order valence-corrected chi connectivity index (χ0v) is 22.0. The van der Waals surface area contributed by atoms with Crippen molar-refractivity contribution >= 4 is 37.6 Å². The van der Waals surface area contributed by atoms with E-state index in [2.05, 4.69) is 47.2 Å². The highest BCUT2D eigenvalue weighted by Crippen LogP contribution is 2.29. The maximum absolute atomic E-state index is 13.9. The summed E-state index contributed by atoms with van der Waals surface area (Å²) in [6.07, 6.45) is 3.69. The van der Waals surface area contributed by atoms with E-state index in [0.29, 0.717) is 29.4 Å². The summed E-state index contributed by atoms with van der Waals surface area (Å²) in [5, 5.41) is 1.22. The number of carbonyl (C=O) groups excluding carboxylic acids is 1. The van der Waals surface area contributed by atoms with Crippen LogP contribution in [-0.4, -0.2) is 42.0 Å². The molecule has 0 aliphatic heterocycles. The molecule has 0 bridgehead atoms. The molecule has 0 saturated carbocycles. The lowest BCUT2D eigenvalue weighted by Gasteiger charge is -2.24. The van der Waals surface area contributed by atoms with Crippen molar-refractivity contribution in [3.63, 3.8) is 0 Å². The summed E-state index contributed by atoms with van der Waals surface area (Å²) in [6, 6.07) is 22.9. The zero-order valence-electron chi connectivity index (χ0n) is 21.2. The summed E-state index contributed by atoms with van der Waals surface area (Å²) >= 11 is 0. The maximum Gasteiger partial charge on any atom is 0.254 e. The maximum atomic E-state index is 13.9. The highest BCUT2D eigenvalue weighted by atomic mass is 32.2. The summed E-state index contributed by atoms with van der Waals surface area (Å²) in [4.78, 5) is 23.4. The summed E-state index contributed by atoms with van der Waals surface area (Å²) in [6.45, 7) is 5.15. The van der Waals surface area contributed by atoms with Gasteiger partial charge in [0.15, 0.2) is 9.84 Å². The predicted molar refractivity (Wildman–Crippen MR) is 148 cm³/mol. The van der Waals surface area contributed by atoms with Crippen molar-refractivity contribution in [3.8, 4) is 11.1 Å². The molecular weight excluding hydrogens is 482 g/mol. The number of carbonyl (C=O) groups is 1. The van der Waals surface area contributed by atoms with Gasteiger partial charge in [-0.25, -0.2) is 13.4 Å². The Morgan fingerprint density at radius 2 is 1.68 bits per heavy atom. The van der Waals surface area contributed by atoms with Gasteiger partial charge in [-0.2, -0.15) is 0 Å². The van der Waals surface area contributed by atoms with E-state index in [1.165, 1.54) is 6.26 Å². The van der Waals surface area contributed by atoms with Crippen molar-refractivity contribution in [1.82, 2.24) is 14.9 Å². The van der Waals surface area contributed by atoms with Crippen LogP contribution in [0.3, 0.4) is 0 Å². The highest BCUT2D eigenvalue weighted by Gasteiger charge is 2.22. The summed E-state index contributed by atoms with van der Waals surface area (Å²) in [5.41, 5.74) is 6.74. The Labute approximate surface area is 216 Å². The molecule has 0 unspecified atom stereocenters. The Morgan fingerprint density at radius 3 is 2.43 bits per heavy atom. The Kier molecular flexibility index (Phi) is 6.56. The minimum absolute atomic E-state index is 0.109. The molecule has 5 aromatic rings. The van der Waals surface area contributed by atoms with Crippen molar-refractivity contribution in [2.24, 2.45) is 0 Å². The van der Waals surface area contributed by atoms with Gasteiger partial charge in [0.1, 0.15) is 0 Å². The molecule has 0 aliphatic carbocycles. The van der Waals surface area contributed by atoms with Crippen LogP contribution in [0.2, 0.25) is 0 Å². The number of nitrogens with one attached hydrogen (secondary N) is 1. The highest BCUT2D eigenvalue weighted by molar-refractivity contribution is 7.91. The number of hydrogen-bond donors (Lipinski definition) is 1. The molecular formula is C30H29N3O3S. The standard InChI is InChI=1S/C30H29N3O3S/c1-4-15-33(30(34)26-12-14-29(37(3,35)36)25-8-6-5-7-24(25)26)18-23-16-21(10-9-20(23)2)22-11-13-27-28(17-22)32-19-31-27/h5-14,16-17,19H,4,15,18H2,1-3H3,(H,31,32). The second-order valence-electron chi connectivity index (χ2n) is 9.43. The Bertz CT molecular complexity index is 1740. The first kappa shape index (κ1) is 24.7. The molecule has 1 N–H and O–H groups in total. The average molecular weight is 512 g/mol. The number of sulfone groups is 1. The zero-order chi connectivity index (χ0) is 26.2. The van der Waals surface area contributed by atoms with E-state index in [1.807, 2.05) is 30.0 Å². The quantitative estimate of drug-likeness (QED) is 0.284. The minimum atomic E-state index is -3.43. The largest absolute Gasteiger partial charge is 0.345 e. The van der Waals surface area contributed by atoms with Crippen LogP contribution in [0.4, 0.5) is 0 Å². The van der Waals surface area contributed by atoms with E-state index in [-0.39, 0.29) is 10.8 Å². The fourth-order valence-electron chi connectivity index (χ4n) is 4.82. The first-order valence-corrected chi connectivity index (χ1v) is 14.2. The molecule has 7 heteroatoms. The fraction of sp³-hybridized carbons (Fsp3) is 0.200. The van der Waals surface area contributed by atoms with Crippen molar-refractivity contribution in [3.05, 3.63) is 95.8 Å². The molecule has 0 aliphatic rings. The lowest BCUT2D eigenvalue weighted by Crippen LogP contribution is -2.31. The third kappa shape index (κ3) is 4.87. The molecule has 0 saturated heterocycles. The first-order valence-electron chi connectivity index (χ1n) is 12.3. The van der Waals surface area contributed by atoms with Crippen LogP contribution < -0.4 is 0 Å². The molecule has 37 heavy (non-hydrogen) atoms. The van der Waals surface area contributed by atoms with Crippen LogP contribution in [0.5, 0.6) is 0 Å². The molecule has 5 rings (SSSR count). The Hall–Kier alpha value is -3.97. The predicted octanol–water partition coefficient (Wildman–Crippen LogP) is 6.15. The normalized spacial score (nSPS) is 11.8. The summed E-state index contributed by atoms with van der Waals surface area (Å²) < 4.78 is 24.7. The van der Waals surface area contributed by atoms with Gasteiger partial charge in [0.2, 0.25) is 0 Å². The second kappa shape index (κ2) is 9.82. The van der Waals surface area contributed by atoms with Gasteiger partial charge in [0, 0.05) is 30.3 Å². The number of H-pyrrole nitrogens is 1. The average Bonchev–Trinajstić information content (AvgIpc) is 3.36. The van der Waals surface area contributed by atoms with E-state index >= 15 is 0 Å². The van der Waals surface area contributed by atoms with Crippen molar-refractivity contribution in [1.29, 1.82) is 0 Å². The molecule has 0 radical (unpaired) electrons. The number of fused-ring (bicyclic) bond motifs is 2. The van der Waals surface area contributed by atoms with E-state index < -0.39 is 9.84 Å². The van der Waals surface area contributed by atoms with Gasteiger partial charge in [0.25, 0.3) is 5.91 Å². The van der Waals surface area contributed by atoms with Gasteiger partial charge in [-0.15, -0.1) is 0 Å². The number of nitrogens with zero attached hydrogens (tertiary/aromatic N) is 2. The number of imidazole rings is 1. The van der Waals surface area contributed by atoms with Crippen molar-refractivity contribution in [2.75, 3.05) is 12.8 Å². The van der Waals surface area contributed by atoms with Crippen molar-refractivity contribution in [2.45, 2.75) is 31.7 Å². The van der Waals surface area contributed by atoms with Crippen LogP contribution in [-0.2, 0) is 16.4 Å². The number of aryl methyl sites for hydroxylation is 1.